The Bertz CT molecular complexity index is 94.1. The lowest BCUT2D eigenvalue weighted by molar-refractivity contribution is 0.586. The van der Waals surface area contributed by atoms with Gasteiger partial charge in [0.05, 0.1) is 0 Å². The molecule has 0 aromatic carbocycles. The van der Waals surface area contributed by atoms with Gasteiger partial charge in [0.25, 0.3) is 0 Å². The Balaban J connectivity index is 2.97. The molecule has 80 valence electrons. The third-order valence-electron chi connectivity index (χ3n) is 2.25. The SMILES string of the molecule is CCCC(Br)CCCCCCCBr. The fraction of sp³-hybridized carbons (Fsp3) is 1.00. The molecule has 0 aliphatic heterocycles. The van der Waals surface area contributed by atoms with Gasteiger partial charge in [0.1, 0.15) is 0 Å². The fourth-order valence-electron chi connectivity index (χ4n) is 1.45. The highest BCUT2D eigenvalue weighted by molar-refractivity contribution is 9.09. The molecule has 13 heavy (non-hydrogen) atoms. The molecule has 0 nitrogen and oxygen atoms in total. The van der Waals surface area contributed by atoms with E-state index in [1.807, 2.05) is 0 Å². The van der Waals surface area contributed by atoms with Gasteiger partial charge in [-0.2, -0.15) is 0 Å². The predicted molar refractivity (Wildman–Crippen MR) is 69.1 cm³/mol. The van der Waals surface area contributed by atoms with Crippen molar-refractivity contribution in [1.29, 1.82) is 0 Å². The van der Waals surface area contributed by atoms with E-state index in [9.17, 15) is 0 Å². The van der Waals surface area contributed by atoms with Crippen LogP contribution in [0.1, 0.15) is 58.3 Å². The Hall–Kier alpha value is 0.960. The van der Waals surface area contributed by atoms with Gasteiger partial charge in [-0.15, -0.1) is 0 Å². The van der Waals surface area contributed by atoms with Gasteiger partial charge in [0.2, 0.25) is 0 Å². The van der Waals surface area contributed by atoms with Crippen LogP contribution in [0, 0.1) is 0 Å². The van der Waals surface area contributed by atoms with Gasteiger partial charge >= 0.3 is 0 Å². The normalized spacial score (nSPS) is 13.2. The third-order valence-corrected chi connectivity index (χ3v) is 3.73. The van der Waals surface area contributed by atoms with Crippen molar-refractivity contribution < 1.29 is 0 Å². The maximum absolute atomic E-state index is 3.71. The zero-order chi connectivity index (χ0) is 9.94. The molecule has 0 heterocycles. The van der Waals surface area contributed by atoms with Gasteiger partial charge in [0, 0.05) is 10.2 Å². The molecule has 0 aromatic heterocycles. The number of hydrogen-bond donors (Lipinski definition) is 0. The second-order valence-corrected chi connectivity index (χ2v) is 5.72. The van der Waals surface area contributed by atoms with Crippen LogP contribution >= 0.6 is 31.9 Å². The molecule has 1 atom stereocenters. The van der Waals surface area contributed by atoms with Gasteiger partial charge in [-0.3, -0.25) is 0 Å². The first kappa shape index (κ1) is 14.0. The largest absolute Gasteiger partial charge is 0.0928 e. The molecule has 0 bridgehead atoms. The van der Waals surface area contributed by atoms with Crippen molar-refractivity contribution in [2.45, 2.75) is 63.1 Å². The highest BCUT2D eigenvalue weighted by Gasteiger charge is 2.01. The lowest BCUT2D eigenvalue weighted by Gasteiger charge is -2.07. The van der Waals surface area contributed by atoms with Gasteiger partial charge < -0.3 is 0 Å². The molecule has 0 saturated carbocycles. The number of rotatable bonds is 9. The lowest BCUT2D eigenvalue weighted by atomic mass is 10.1. The van der Waals surface area contributed by atoms with E-state index >= 15 is 0 Å². The molecule has 0 aliphatic rings. The maximum atomic E-state index is 3.71. The minimum atomic E-state index is 0.772. The van der Waals surface area contributed by atoms with E-state index in [-0.39, 0.29) is 0 Å². The Labute approximate surface area is 100 Å². The van der Waals surface area contributed by atoms with Gasteiger partial charge in [-0.25, -0.2) is 0 Å². The zero-order valence-corrected chi connectivity index (χ0v) is 11.9. The first-order chi connectivity index (χ1) is 6.31. The van der Waals surface area contributed by atoms with E-state index in [0.29, 0.717) is 0 Å². The summed E-state index contributed by atoms with van der Waals surface area (Å²) in [4.78, 5) is 0.772. The summed E-state index contributed by atoms with van der Waals surface area (Å²) < 4.78 is 0. The van der Waals surface area contributed by atoms with E-state index in [4.69, 9.17) is 0 Å². The first-order valence-corrected chi connectivity index (χ1v) is 7.55. The summed E-state index contributed by atoms with van der Waals surface area (Å²) in [7, 11) is 0. The molecule has 2 heteroatoms. The molecule has 0 saturated heterocycles. The van der Waals surface area contributed by atoms with Gasteiger partial charge in [-0.05, 0) is 19.3 Å². The molecule has 0 rings (SSSR count). The molecule has 0 radical (unpaired) electrons. The Morgan fingerprint density at radius 3 is 2.15 bits per heavy atom. The van der Waals surface area contributed by atoms with Crippen molar-refractivity contribution in [2.24, 2.45) is 0 Å². The summed E-state index contributed by atoms with van der Waals surface area (Å²) >= 11 is 7.17. The third kappa shape index (κ3) is 10.9. The van der Waals surface area contributed by atoms with E-state index in [2.05, 4.69) is 38.8 Å². The standard InChI is InChI=1S/C11H22Br2/c1-2-8-11(13)9-6-4-3-5-7-10-12/h11H,2-10H2,1H3. The van der Waals surface area contributed by atoms with Crippen molar-refractivity contribution >= 4 is 31.9 Å². The highest BCUT2D eigenvalue weighted by Crippen LogP contribution is 2.16. The molecular formula is C11H22Br2. The summed E-state index contributed by atoms with van der Waals surface area (Å²) in [5.74, 6) is 0. The van der Waals surface area contributed by atoms with Crippen LogP contribution in [0.3, 0.4) is 0 Å². The summed E-state index contributed by atoms with van der Waals surface area (Å²) in [6, 6.07) is 0. The second kappa shape index (κ2) is 11.0. The smallest absolute Gasteiger partial charge is 0.0145 e. The Kier molecular flexibility index (Phi) is 11.9. The van der Waals surface area contributed by atoms with Crippen molar-refractivity contribution in [3.8, 4) is 0 Å². The Morgan fingerprint density at radius 1 is 0.923 bits per heavy atom. The highest BCUT2D eigenvalue weighted by atomic mass is 79.9. The number of alkyl halides is 2. The van der Waals surface area contributed by atoms with Crippen molar-refractivity contribution in [3.63, 3.8) is 0 Å². The van der Waals surface area contributed by atoms with Gasteiger partial charge in [0.15, 0.2) is 0 Å². The van der Waals surface area contributed by atoms with Gasteiger partial charge in [-0.1, -0.05) is 70.9 Å². The van der Waals surface area contributed by atoms with E-state index < -0.39 is 0 Å². The molecule has 0 amide bonds. The van der Waals surface area contributed by atoms with Crippen LogP contribution in [0.5, 0.6) is 0 Å². The van der Waals surface area contributed by atoms with Crippen LogP contribution < -0.4 is 0 Å². The monoisotopic (exact) mass is 312 g/mol. The lowest BCUT2D eigenvalue weighted by Crippen LogP contribution is -1.96. The van der Waals surface area contributed by atoms with E-state index in [0.717, 1.165) is 4.83 Å². The minimum Gasteiger partial charge on any atom is -0.0928 e. The summed E-state index contributed by atoms with van der Waals surface area (Å²) in [5.41, 5.74) is 0. The average Bonchev–Trinajstić information content (AvgIpc) is 2.11. The molecule has 0 spiro atoms. The number of halogens is 2. The summed E-state index contributed by atoms with van der Waals surface area (Å²) in [6.07, 6.45) is 11.0. The van der Waals surface area contributed by atoms with Crippen LogP contribution in [-0.4, -0.2) is 10.2 Å². The second-order valence-electron chi connectivity index (χ2n) is 3.63. The molecule has 0 aliphatic carbocycles. The van der Waals surface area contributed by atoms with Crippen LogP contribution in [0.2, 0.25) is 0 Å². The first-order valence-electron chi connectivity index (χ1n) is 5.51. The minimum absolute atomic E-state index is 0.772. The number of unbranched alkanes of at least 4 members (excludes halogenated alkanes) is 4. The maximum Gasteiger partial charge on any atom is 0.0145 e. The topological polar surface area (TPSA) is 0 Å². The molecule has 0 fully saturated rings. The van der Waals surface area contributed by atoms with Crippen LogP contribution in [0.25, 0.3) is 0 Å². The average molecular weight is 314 g/mol. The zero-order valence-electron chi connectivity index (χ0n) is 8.70. The van der Waals surface area contributed by atoms with Crippen LogP contribution in [0.15, 0.2) is 0 Å². The quantitative estimate of drug-likeness (QED) is 0.401. The van der Waals surface area contributed by atoms with E-state index in [1.54, 1.807) is 0 Å². The predicted octanol–water partition coefficient (Wildman–Crippen LogP) is 5.29. The van der Waals surface area contributed by atoms with Crippen molar-refractivity contribution in [3.05, 3.63) is 0 Å². The molecule has 0 N–H and O–H groups in total. The number of hydrogen-bond acceptors (Lipinski definition) is 0. The molecule has 1 unspecified atom stereocenters. The summed E-state index contributed by atoms with van der Waals surface area (Å²) in [6.45, 7) is 2.25. The van der Waals surface area contributed by atoms with Crippen LogP contribution in [0.4, 0.5) is 0 Å². The van der Waals surface area contributed by atoms with E-state index in [1.165, 1.54) is 56.7 Å². The molecule has 0 aromatic rings. The van der Waals surface area contributed by atoms with Crippen molar-refractivity contribution in [2.75, 3.05) is 5.33 Å². The molecular weight excluding hydrogens is 292 g/mol. The van der Waals surface area contributed by atoms with Crippen LogP contribution in [-0.2, 0) is 0 Å². The summed E-state index contributed by atoms with van der Waals surface area (Å²) in [5, 5.41) is 1.17. The fourth-order valence-corrected chi connectivity index (χ4v) is 2.63. The van der Waals surface area contributed by atoms with Crippen molar-refractivity contribution in [1.82, 2.24) is 0 Å². The Morgan fingerprint density at radius 2 is 1.54 bits per heavy atom.